The number of amides is 1. The van der Waals surface area contributed by atoms with Crippen LogP contribution in [0.2, 0.25) is 0 Å². The highest BCUT2D eigenvalue weighted by Crippen LogP contribution is 2.20. The molecule has 0 heterocycles. The summed E-state index contributed by atoms with van der Waals surface area (Å²) in [6.45, 7) is 2.35. The van der Waals surface area contributed by atoms with E-state index < -0.39 is 23.5 Å². The Labute approximate surface area is 86.9 Å². The number of carbonyl (C=O) groups excluding carboxylic acids is 1. The van der Waals surface area contributed by atoms with E-state index in [9.17, 15) is 9.18 Å². The molecule has 0 spiro atoms. The van der Waals surface area contributed by atoms with Crippen LogP contribution in [0.25, 0.3) is 0 Å². The molecular weight excluding hydrogens is 199 g/mol. The van der Waals surface area contributed by atoms with E-state index in [-0.39, 0.29) is 0 Å². The van der Waals surface area contributed by atoms with Gasteiger partial charge in [-0.2, -0.15) is 0 Å². The van der Waals surface area contributed by atoms with Gasteiger partial charge >= 0.3 is 0 Å². The normalized spacial score (nSPS) is 12.4. The van der Waals surface area contributed by atoms with Crippen LogP contribution in [0.3, 0.4) is 0 Å². The summed E-state index contributed by atoms with van der Waals surface area (Å²) < 4.78 is 13.0. The molecule has 0 saturated heterocycles. The molecule has 0 radical (unpaired) electrons. The second kappa shape index (κ2) is 4.75. The van der Waals surface area contributed by atoms with Crippen molar-refractivity contribution in [2.45, 2.75) is 13.0 Å². The van der Waals surface area contributed by atoms with E-state index in [2.05, 4.69) is 5.32 Å². The zero-order valence-corrected chi connectivity index (χ0v) is 8.33. The maximum Gasteiger partial charge on any atom is 0.239 e. The van der Waals surface area contributed by atoms with Crippen molar-refractivity contribution >= 4 is 5.91 Å². The summed E-state index contributed by atoms with van der Waals surface area (Å²) in [6.07, 6.45) is 0. The topological polar surface area (TPSA) is 75.3 Å². The van der Waals surface area contributed by atoms with Crippen LogP contribution in [-0.2, 0) is 4.79 Å². The van der Waals surface area contributed by atoms with Crippen molar-refractivity contribution in [3.05, 3.63) is 29.6 Å². The Morgan fingerprint density at radius 1 is 1.67 bits per heavy atom. The molecule has 1 aromatic carbocycles. The van der Waals surface area contributed by atoms with Gasteiger partial charge in [0.25, 0.3) is 0 Å². The van der Waals surface area contributed by atoms with Crippen molar-refractivity contribution < 1.29 is 14.3 Å². The van der Waals surface area contributed by atoms with Crippen LogP contribution in [0.5, 0.6) is 5.75 Å². The Bertz CT molecular complexity index is 368. The maximum absolute atomic E-state index is 13.0. The lowest BCUT2D eigenvalue weighted by atomic mass is 10.1. The van der Waals surface area contributed by atoms with Crippen LogP contribution in [0.15, 0.2) is 18.2 Å². The molecule has 1 rings (SSSR count). The molecule has 0 fully saturated rings. The van der Waals surface area contributed by atoms with Crippen LogP contribution >= 0.6 is 0 Å². The second-order valence-corrected chi connectivity index (χ2v) is 3.10. The predicted octanol–water partition coefficient (Wildman–Crippen LogP) is 0.667. The fraction of sp³-hybridized carbons (Fsp3) is 0.300. The van der Waals surface area contributed by atoms with Crippen molar-refractivity contribution in [3.63, 3.8) is 0 Å². The molecule has 4 N–H and O–H groups in total. The Morgan fingerprint density at radius 3 is 2.80 bits per heavy atom. The lowest BCUT2D eigenvalue weighted by Crippen LogP contribution is -2.33. The molecule has 82 valence electrons. The minimum atomic E-state index is -0.767. The first-order valence-electron chi connectivity index (χ1n) is 4.57. The Morgan fingerprint density at radius 2 is 2.33 bits per heavy atom. The van der Waals surface area contributed by atoms with Crippen molar-refractivity contribution in [2.24, 2.45) is 5.73 Å². The summed E-state index contributed by atoms with van der Waals surface area (Å²) >= 11 is 0. The van der Waals surface area contributed by atoms with E-state index in [1.54, 1.807) is 0 Å². The summed E-state index contributed by atoms with van der Waals surface area (Å²) in [5.74, 6) is -1.79. The number of primary amides is 1. The van der Waals surface area contributed by atoms with Gasteiger partial charge in [0, 0.05) is 0 Å². The van der Waals surface area contributed by atoms with E-state index in [1.807, 2.05) is 6.92 Å². The summed E-state index contributed by atoms with van der Waals surface area (Å²) in [4.78, 5) is 11.1. The van der Waals surface area contributed by atoms with Gasteiger partial charge < -0.3 is 16.2 Å². The highest BCUT2D eigenvalue weighted by atomic mass is 19.1. The standard InChI is InChI=1S/C10H13FN2O2/c1-2-13-9(10(12)15)6-3-4-8(14)7(11)5-6/h3-5,9,13-14H,2H2,1H3,(H2,12,15). The SMILES string of the molecule is CCNC(C(N)=O)c1ccc(O)c(F)c1. The third kappa shape index (κ3) is 2.66. The third-order valence-corrected chi connectivity index (χ3v) is 2.00. The van der Waals surface area contributed by atoms with Gasteiger partial charge in [0.05, 0.1) is 0 Å². The van der Waals surface area contributed by atoms with Crippen LogP contribution in [0.4, 0.5) is 4.39 Å². The average Bonchev–Trinajstić information content (AvgIpc) is 2.18. The van der Waals surface area contributed by atoms with Gasteiger partial charge in [-0.05, 0) is 24.2 Å². The zero-order valence-electron chi connectivity index (χ0n) is 8.33. The van der Waals surface area contributed by atoms with E-state index in [0.29, 0.717) is 12.1 Å². The lowest BCUT2D eigenvalue weighted by molar-refractivity contribution is -0.120. The van der Waals surface area contributed by atoms with Crippen LogP contribution in [-0.4, -0.2) is 17.6 Å². The molecular formula is C10H13FN2O2. The number of phenols is 1. The summed E-state index contributed by atoms with van der Waals surface area (Å²) in [5, 5.41) is 11.8. The number of hydrogen-bond donors (Lipinski definition) is 3. The lowest BCUT2D eigenvalue weighted by Gasteiger charge is -2.14. The summed E-state index contributed by atoms with van der Waals surface area (Å²) in [7, 11) is 0. The summed E-state index contributed by atoms with van der Waals surface area (Å²) in [5.41, 5.74) is 5.56. The van der Waals surface area contributed by atoms with Gasteiger partial charge in [0.1, 0.15) is 6.04 Å². The van der Waals surface area contributed by atoms with Crippen LogP contribution < -0.4 is 11.1 Å². The van der Waals surface area contributed by atoms with Crippen LogP contribution in [0, 0.1) is 5.82 Å². The number of benzene rings is 1. The van der Waals surface area contributed by atoms with Crippen molar-refractivity contribution in [3.8, 4) is 5.75 Å². The van der Waals surface area contributed by atoms with Crippen LogP contribution in [0.1, 0.15) is 18.5 Å². The van der Waals surface area contributed by atoms with Gasteiger partial charge in [-0.25, -0.2) is 4.39 Å². The number of aromatic hydroxyl groups is 1. The molecule has 5 heteroatoms. The quantitative estimate of drug-likeness (QED) is 0.686. The Hall–Kier alpha value is -1.62. The van der Waals surface area contributed by atoms with E-state index in [1.165, 1.54) is 12.1 Å². The predicted molar refractivity (Wildman–Crippen MR) is 53.7 cm³/mol. The average molecular weight is 212 g/mol. The first kappa shape index (κ1) is 11.5. The number of carbonyl (C=O) groups is 1. The van der Waals surface area contributed by atoms with Gasteiger partial charge in [0.2, 0.25) is 5.91 Å². The molecule has 1 unspecified atom stereocenters. The summed E-state index contributed by atoms with van der Waals surface area (Å²) in [6, 6.07) is 3.01. The van der Waals surface area contributed by atoms with E-state index in [0.717, 1.165) is 6.07 Å². The number of nitrogens with two attached hydrogens (primary N) is 1. The molecule has 0 saturated carbocycles. The van der Waals surface area contributed by atoms with E-state index in [4.69, 9.17) is 10.8 Å². The number of likely N-dealkylation sites (N-methyl/N-ethyl adjacent to an activating group) is 1. The fourth-order valence-electron chi connectivity index (χ4n) is 1.29. The highest BCUT2D eigenvalue weighted by Gasteiger charge is 2.17. The molecule has 0 bridgehead atoms. The molecule has 1 aromatic rings. The Kier molecular flexibility index (Phi) is 3.62. The highest BCUT2D eigenvalue weighted by molar-refractivity contribution is 5.81. The van der Waals surface area contributed by atoms with Gasteiger partial charge in [-0.1, -0.05) is 13.0 Å². The van der Waals surface area contributed by atoms with Gasteiger partial charge in [0.15, 0.2) is 11.6 Å². The zero-order chi connectivity index (χ0) is 11.4. The largest absolute Gasteiger partial charge is 0.505 e. The maximum atomic E-state index is 13.0. The van der Waals surface area contributed by atoms with Crippen molar-refractivity contribution in [2.75, 3.05) is 6.54 Å². The van der Waals surface area contributed by atoms with E-state index >= 15 is 0 Å². The fourth-order valence-corrected chi connectivity index (χ4v) is 1.29. The molecule has 4 nitrogen and oxygen atoms in total. The first-order valence-corrected chi connectivity index (χ1v) is 4.57. The molecule has 1 atom stereocenters. The molecule has 0 aliphatic heterocycles. The second-order valence-electron chi connectivity index (χ2n) is 3.10. The molecule has 1 amide bonds. The first-order chi connectivity index (χ1) is 7.06. The van der Waals surface area contributed by atoms with Crippen molar-refractivity contribution in [1.29, 1.82) is 0 Å². The third-order valence-electron chi connectivity index (χ3n) is 2.00. The monoisotopic (exact) mass is 212 g/mol. The number of nitrogens with one attached hydrogen (secondary N) is 1. The molecule has 15 heavy (non-hydrogen) atoms. The Balaban J connectivity index is 3.01. The van der Waals surface area contributed by atoms with Gasteiger partial charge in [-0.3, -0.25) is 4.79 Å². The number of rotatable bonds is 4. The van der Waals surface area contributed by atoms with Gasteiger partial charge in [-0.15, -0.1) is 0 Å². The minimum Gasteiger partial charge on any atom is -0.505 e. The number of phenolic OH excluding ortho intramolecular Hbond substituents is 1. The van der Waals surface area contributed by atoms with Crippen molar-refractivity contribution in [1.82, 2.24) is 5.32 Å². The smallest absolute Gasteiger partial charge is 0.239 e. The minimum absolute atomic E-state index is 0.402. The molecule has 0 aromatic heterocycles. The number of halogens is 1. The molecule has 0 aliphatic rings. The number of hydrogen-bond acceptors (Lipinski definition) is 3. The molecule has 0 aliphatic carbocycles.